The molecule has 0 radical (unpaired) electrons. The topological polar surface area (TPSA) is 68.0 Å². The predicted molar refractivity (Wildman–Crippen MR) is 120 cm³/mol. The zero-order chi connectivity index (χ0) is 21.3. The molecular formula is C25H19N3O2. The number of fused-ring (bicyclic) bond motifs is 1. The lowest BCUT2D eigenvalue weighted by Gasteiger charge is -2.11. The summed E-state index contributed by atoms with van der Waals surface area (Å²) in [6.45, 7) is 3.70. The van der Waals surface area contributed by atoms with Gasteiger partial charge in [0.1, 0.15) is 11.6 Å². The van der Waals surface area contributed by atoms with Gasteiger partial charge < -0.3 is 5.11 Å². The Labute approximate surface area is 174 Å². The first-order chi connectivity index (χ1) is 14.5. The van der Waals surface area contributed by atoms with E-state index in [4.69, 9.17) is 6.42 Å². The molecule has 146 valence electrons. The Morgan fingerprint density at radius 2 is 1.77 bits per heavy atom. The van der Waals surface area contributed by atoms with Gasteiger partial charge in [0.2, 0.25) is 0 Å². The number of aryl methyl sites for hydroxylation is 2. The molecule has 4 aromatic rings. The Hall–Kier alpha value is -4.17. The molecule has 0 spiro atoms. The molecule has 5 nitrogen and oxygen atoms in total. The minimum atomic E-state index is -0.209. The van der Waals surface area contributed by atoms with Crippen molar-refractivity contribution >= 4 is 23.2 Å². The summed E-state index contributed by atoms with van der Waals surface area (Å²) >= 11 is 0. The van der Waals surface area contributed by atoms with Gasteiger partial charge in [-0.05, 0) is 85.1 Å². The third-order valence-corrected chi connectivity index (χ3v) is 4.90. The standard InChI is InChI=1S/C25H19N3O2/c1-4-18-7-10-20(11-8-18)28-22(27-24-21(25(28)30)6-5-13-26-24)12-9-19-14-16(2)23(29)17(3)15-19/h1,5-15,29H,2-3H3. The van der Waals surface area contributed by atoms with Crippen LogP contribution in [0, 0.1) is 26.2 Å². The molecule has 0 aliphatic heterocycles. The number of aromatic hydroxyl groups is 1. The summed E-state index contributed by atoms with van der Waals surface area (Å²) in [5.74, 6) is 3.31. The third kappa shape index (κ3) is 3.47. The molecule has 0 saturated heterocycles. The molecule has 0 unspecified atom stereocenters. The van der Waals surface area contributed by atoms with E-state index in [1.165, 1.54) is 0 Å². The molecule has 0 fully saturated rings. The molecule has 0 atom stereocenters. The third-order valence-electron chi connectivity index (χ3n) is 4.90. The summed E-state index contributed by atoms with van der Waals surface area (Å²) in [6, 6.07) is 14.4. The van der Waals surface area contributed by atoms with Crippen molar-refractivity contribution in [2.75, 3.05) is 0 Å². The van der Waals surface area contributed by atoms with Crippen molar-refractivity contribution in [1.29, 1.82) is 0 Å². The molecule has 0 aliphatic carbocycles. The van der Waals surface area contributed by atoms with Gasteiger partial charge in [-0.3, -0.25) is 9.36 Å². The van der Waals surface area contributed by atoms with E-state index in [1.54, 1.807) is 53.2 Å². The van der Waals surface area contributed by atoms with Crippen molar-refractivity contribution in [3.63, 3.8) is 0 Å². The van der Waals surface area contributed by atoms with Crippen molar-refractivity contribution in [2.24, 2.45) is 0 Å². The van der Waals surface area contributed by atoms with Crippen LogP contribution >= 0.6 is 0 Å². The molecule has 30 heavy (non-hydrogen) atoms. The van der Waals surface area contributed by atoms with Gasteiger partial charge in [-0.25, -0.2) is 9.97 Å². The zero-order valence-electron chi connectivity index (χ0n) is 16.6. The number of nitrogens with zero attached hydrogens (tertiary/aromatic N) is 3. The van der Waals surface area contributed by atoms with Crippen LogP contribution in [-0.2, 0) is 0 Å². The maximum atomic E-state index is 13.2. The number of phenolic OH excluding ortho intramolecular Hbond substituents is 1. The van der Waals surface area contributed by atoms with Gasteiger partial charge in [0.15, 0.2) is 5.65 Å². The van der Waals surface area contributed by atoms with Gasteiger partial charge in [0.25, 0.3) is 5.56 Å². The van der Waals surface area contributed by atoms with Crippen LogP contribution in [-0.4, -0.2) is 19.6 Å². The van der Waals surface area contributed by atoms with E-state index < -0.39 is 0 Å². The fourth-order valence-corrected chi connectivity index (χ4v) is 3.36. The molecule has 2 aromatic carbocycles. The second-order valence-electron chi connectivity index (χ2n) is 7.01. The van der Waals surface area contributed by atoms with Crippen LogP contribution in [0.1, 0.15) is 28.1 Å². The molecule has 5 heteroatoms. The van der Waals surface area contributed by atoms with E-state index in [2.05, 4.69) is 15.9 Å². The highest BCUT2D eigenvalue weighted by molar-refractivity contribution is 5.77. The Balaban J connectivity index is 1.91. The summed E-state index contributed by atoms with van der Waals surface area (Å²) in [6.07, 6.45) is 10.7. The summed E-state index contributed by atoms with van der Waals surface area (Å²) in [7, 11) is 0. The minimum Gasteiger partial charge on any atom is -0.507 e. The van der Waals surface area contributed by atoms with E-state index in [1.807, 2.05) is 32.1 Å². The average molecular weight is 393 g/mol. The highest BCUT2D eigenvalue weighted by Crippen LogP contribution is 2.24. The maximum absolute atomic E-state index is 13.2. The predicted octanol–water partition coefficient (Wildman–Crippen LogP) is 4.25. The molecule has 1 N–H and O–H groups in total. The Bertz CT molecular complexity index is 1370. The first kappa shape index (κ1) is 19.2. The van der Waals surface area contributed by atoms with Crippen LogP contribution in [0.25, 0.3) is 28.9 Å². The highest BCUT2D eigenvalue weighted by Gasteiger charge is 2.12. The lowest BCUT2D eigenvalue weighted by atomic mass is 10.1. The van der Waals surface area contributed by atoms with E-state index in [-0.39, 0.29) is 11.3 Å². The molecule has 4 rings (SSSR count). The van der Waals surface area contributed by atoms with Crippen LogP contribution in [0.3, 0.4) is 0 Å². The summed E-state index contributed by atoms with van der Waals surface area (Å²) < 4.78 is 1.54. The lowest BCUT2D eigenvalue weighted by molar-refractivity contribution is 0.467. The number of hydrogen-bond acceptors (Lipinski definition) is 4. The van der Waals surface area contributed by atoms with Crippen molar-refractivity contribution in [1.82, 2.24) is 14.5 Å². The SMILES string of the molecule is C#Cc1ccc(-n2c(C=Cc3cc(C)c(O)c(C)c3)nc3ncccc3c2=O)cc1. The van der Waals surface area contributed by atoms with Crippen molar-refractivity contribution in [3.8, 4) is 23.8 Å². The number of pyridine rings is 1. The van der Waals surface area contributed by atoms with Crippen LogP contribution in [0.4, 0.5) is 0 Å². The number of benzene rings is 2. The largest absolute Gasteiger partial charge is 0.507 e. The monoisotopic (exact) mass is 393 g/mol. The van der Waals surface area contributed by atoms with E-state index in [9.17, 15) is 9.90 Å². The van der Waals surface area contributed by atoms with Crippen molar-refractivity contribution in [3.05, 3.63) is 93.2 Å². The van der Waals surface area contributed by atoms with Crippen molar-refractivity contribution in [2.45, 2.75) is 13.8 Å². The first-order valence-corrected chi connectivity index (χ1v) is 9.41. The fourth-order valence-electron chi connectivity index (χ4n) is 3.36. The first-order valence-electron chi connectivity index (χ1n) is 9.41. The Morgan fingerprint density at radius 1 is 1.07 bits per heavy atom. The summed E-state index contributed by atoms with van der Waals surface area (Å²) in [5, 5.41) is 10.4. The Morgan fingerprint density at radius 3 is 2.43 bits per heavy atom. The molecule has 2 heterocycles. The molecule has 0 aliphatic rings. The van der Waals surface area contributed by atoms with Gasteiger partial charge >= 0.3 is 0 Å². The van der Waals surface area contributed by atoms with Gasteiger partial charge in [0, 0.05) is 11.8 Å². The second-order valence-corrected chi connectivity index (χ2v) is 7.01. The number of phenols is 1. The molecule has 0 amide bonds. The van der Waals surface area contributed by atoms with Crippen LogP contribution in [0.5, 0.6) is 5.75 Å². The van der Waals surface area contributed by atoms with E-state index in [0.29, 0.717) is 22.5 Å². The zero-order valence-corrected chi connectivity index (χ0v) is 16.6. The smallest absolute Gasteiger partial charge is 0.267 e. The quantitative estimate of drug-likeness (QED) is 0.528. The van der Waals surface area contributed by atoms with E-state index in [0.717, 1.165) is 22.3 Å². The Kier molecular flexibility index (Phi) is 4.91. The maximum Gasteiger partial charge on any atom is 0.267 e. The lowest BCUT2D eigenvalue weighted by Crippen LogP contribution is -2.22. The van der Waals surface area contributed by atoms with Crippen molar-refractivity contribution < 1.29 is 5.11 Å². The van der Waals surface area contributed by atoms with Crippen LogP contribution < -0.4 is 5.56 Å². The molecular weight excluding hydrogens is 374 g/mol. The number of hydrogen-bond donors (Lipinski definition) is 1. The summed E-state index contributed by atoms with van der Waals surface area (Å²) in [4.78, 5) is 22.1. The molecule has 0 saturated carbocycles. The minimum absolute atomic E-state index is 0.209. The number of rotatable bonds is 3. The van der Waals surface area contributed by atoms with Crippen LogP contribution in [0.15, 0.2) is 59.5 Å². The normalized spacial score (nSPS) is 11.1. The number of aromatic nitrogens is 3. The molecule has 0 bridgehead atoms. The van der Waals surface area contributed by atoms with E-state index >= 15 is 0 Å². The average Bonchev–Trinajstić information content (AvgIpc) is 2.76. The van der Waals surface area contributed by atoms with Gasteiger partial charge in [-0.15, -0.1) is 6.42 Å². The second kappa shape index (κ2) is 7.69. The fraction of sp³-hybridized carbons (Fsp3) is 0.0800. The van der Waals surface area contributed by atoms with Gasteiger partial charge in [0.05, 0.1) is 11.1 Å². The van der Waals surface area contributed by atoms with Gasteiger partial charge in [-0.1, -0.05) is 12.0 Å². The molecule has 2 aromatic heterocycles. The van der Waals surface area contributed by atoms with Crippen LogP contribution in [0.2, 0.25) is 0 Å². The van der Waals surface area contributed by atoms with Gasteiger partial charge in [-0.2, -0.15) is 0 Å². The summed E-state index contributed by atoms with van der Waals surface area (Å²) in [5.41, 5.74) is 4.03. The highest BCUT2D eigenvalue weighted by atomic mass is 16.3. The number of terminal acetylenes is 1.